The Morgan fingerprint density at radius 2 is 1.60 bits per heavy atom. The van der Waals surface area contributed by atoms with Crippen molar-refractivity contribution in [2.24, 2.45) is 0 Å². The molecule has 0 aromatic heterocycles. The van der Waals surface area contributed by atoms with Crippen LogP contribution in [0.4, 0.5) is 13.2 Å². The molecule has 0 aliphatic rings. The summed E-state index contributed by atoms with van der Waals surface area (Å²) in [5.41, 5.74) is 0. The van der Waals surface area contributed by atoms with E-state index in [9.17, 15) is 22.8 Å². The van der Waals surface area contributed by atoms with Gasteiger partial charge in [-0.15, -0.1) is 0 Å². The lowest BCUT2D eigenvalue weighted by atomic mass is 10.3. The first kappa shape index (κ1) is 18.7. The van der Waals surface area contributed by atoms with Crippen molar-refractivity contribution < 1.29 is 27.9 Å². The van der Waals surface area contributed by atoms with Crippen molar-refractivity contribution in [2.45, 2.75) is 32.9 Å². The van der Waals surface area contributed by atoms with Gasteiger partial charge in [0.05, 0.1) is 6.42 Å². The Hall–Kier alpha value is -1.31. The van der Waals surface area contributed by atoms with E-state index >= 15 is 0 Å². The number of hydrogen-bond acceptors (Lipinski definition) is 3. The van der Waals surface area contributed by atoms with Crippen molar-refractivity contribution in [3.8, 4) is 0 Å². The second kappa shape index (κ2) is 8.78. The molecular weight excluding hydrogens is 277 g/mol. The minimum atomic E-state index is -4.96. The van der Waals surface area contributed by atoms with Crippen LogP contribution in [-0.4, -0.2) is 65.7 Å². The van der Waals surface area contributed by atoms with Gasteiger partial charge in [-0.1, -0.05) is 13.8 Å². The molecule has 0 saturated heterocycles. The van der Waals surface area contributed by atoms with E-state index in [0.717, 1.165) is 13.1 Å². The number of nitrogens with zero attached hydrogens (tertiary/aromatic N) is 2. The molecule has 0 radical (unpaired) electrons. The van der Waals surface area contributed by atoms with E-state index in [-0.39, 0.29) is 6.54 Å². The molecule has 1 N–H and O–H groups in total. The Morgan fingerprint density at radius 1 is 1.05 bits per heavy atom. The third-order valence-electron chi connectivity index (χ3n) is 2.92. The number of rotatable bonds is 9. The molecule has 0 aliphatic carbocycles. The number of amides is 1. The van der Waals surface area contributed by atoms with E-state index < -0.39 is 31.0 Å². The van der Waals surface area contributed by atoms with Gasteiger partial charge in [-0.2, -0.15) is 13.2 Å². The van der Waals surface area contributed by atoms with Gasteiger partial charge in [-0.05, 0) is 26.1 Å². The van der Waals surface area contributed by atoms with Crippen molar-refractivity contribution in [3.05, 3.63) is 0 Å². The van der Waals surface area contributed by atoms with E-state index in [1.165, 1.54) is 0 Å². The van der Waals surface area contributed by atoms with Crippen LogP contribution in [0.15, 0.2) is 0 Å². The molecular formula is C12H21F3N2O3. The predicted octanol–water partition coefficient (Wildman–Crippen LogP) is 1.58. The lowest BCUT2D eigenvalue weighted by Gasteiger charge is -2.25. The van der Waals surface area contributed by atoms with Crippen molar-refractivity contribution in [3.63, 3.8) is 0 Å². The van der Waals surface area contributed by atoms with Gasteiger partial charge in [0.15, 0.2) is 0 Å². The second-order valence-electron chi connectivity index (χ2n) is 4.31. The highest BCUT2D eigenvalue weighted by Crippen LogP contribution is 2.18. The molecule has 0 atom stereocenters. The molecule has 8 heteroatoms. The molecule has 0 unspecified atom stereocenters. The molecule has 118 valence electrons. The third-order valence-corrected chi connectivity index (χ3v) is 2.92. The van der Waals surface area contributed by atoms with Gasteiger partial charge in [0.2, 0.25) is 0 Å². The number of hydrogen-bond donors (Lipinski definition) is 1. The van der Waals surface area contributed by atoms with E-state index in [0.29, 0.717) is 17.9 Å². The van der Waals surface area contributed by atoms with Crippen LogP contribution in [0, 0.1) is 0 Å². The molecule has 0 aromatic rings. The minimum absolute atomic E-state index is 0.0951. The van der Waals surface area contributed by atoms with Crippen molar-refractivity contribution in [2.75, 3.05) is 32.7 Å². The summed E-state index contributed by atoms with van der Waals surface area (Å²) in [7, 11) is 0. The van der Waals surface area contributed by atoms with Gasteiger partial charge in [0.1, 0.15) is 0 Å². The largest absolute Gasteiger partial charge is 0.481 e. The van der Waals surface area contributed by atoms with E-state index in [2.05, 4.69) is 0 Å². The maximum Gasteiger partial charge on any atom is 0.471 e. The van der Waals surface area contributed by atoms with Crippen LogP contribution in [0.25, 0.3) is 0 Å². The zero-order valence-electron chi connectivity index (χ0n) is 11.7. The molecule has 20 heavy (non-hydrogen) atoms. The molecule has 0 rings (SSSR count). The smallest absolute Gasteiger partial charge is 0.471 e. The third kappa shape index (κ3) is 7.32. The first-order chi connectivity index (χ1) is 9.22. The zero-order valence-corrected chi connectivity index (χ0v) is 11.7. The van der Waals surface area contributed by atoms with Crippen LogP contribution in [0.3, 0.4) is 0 Å². The summed E-state index contributed by atoms with van der Waals surface area (Å²) in [6.07, 6.45) is -5.08. The zero-order chi connectivity index (χ0) is 15.8. The highest BCUT2D eigenvalue weighted by atomic mass is 19.4. The summed E-state index contributed by atoms with van der Waals surface area (Å²) in [4.78, 5) is 24.2. The number of carboxylic acids is 1. The van der Waals surface area contributed by atoms with Gasteiger partial charge >= 0.3 is 18.1 Å². The quantitative estimate of drug-likeness (QED) is 0.702. The molecule has 5 nitrogen and oxygen atoms in total. The number of aliphatic carboxylic acids is 1. The van der Waals surface area contributed by atoms with Crippen LogP contribution in [-0.2, 0) is 9.59 Å². The van der Waals surface area contributed by atoms with Crippen LogP contribution >= 0.6 is 0 Å². The Kier molecular flexibility index (Phi) is 8.21. The molecule has 0 aromatic carbocycles. The van der Waals surface area contributed by atoms with Gasteiger partial charge in [-0.25, -0.2) is 0 Å². The molecule has 0 spiro atoms. The SMILES string of the molecule is CCN(CC)CCCN(CCC(=O)O)C(=O)C(F)(F)F. The number of carbonyl (C=O) groups excluding carboxylic acids is 1. The summed E-state index contributed by atoms with van der Waals surface area (Å²) in [6, 6.07) is 0. The standard InChI is InChI=1S/C12H21F3N2O3/c1-3-16(4-2)7-5-8-17(9-6-10(18)19)11(20)12(13,14)15/h3-9H2,1-2H3,(H,18,19). The Bertz CT molecular complexity index is 318. The highest BCUT2D eigenvalue weighted by Gasteiger charge is 2.42. The molecule has 1 amide bonds. The lowest BCUT2D eigenvalue weighted by molar-refractivity contribution is -0.185. The van der Waals surface area contributed by atoms with Crippen LogP contribution in [0.1, 0.15) is 26.7 Å². The molecule has 0 bridgehead atoms. The minimum Gasteiger partial charge on any atom is -0.481 e. The van der Waals surface area contributed by atoms with Crippen LogP contribution < -0.4 is 0 Å². The maximum absolute atomic E-state index is 12.4. The average Bonchev–Trinajstić information content (AvgIpc) is 2.36. The number of carbonyl (C=O) groups is 2. The summed E-state index contributed by atoms with van der Waals surface area (Å²) in [5, 5.41) is 8.51. The number of halogens is 3. The van der Waals surface area contributed by atoms with Gasteiger partial charge < -0.3 is 14.9 Å². The van der Waals surface area contributed by atoms with Crippen molar-refractivity contribution in [1.82, 2.24) is 9.80 Å². The van der Waals surface area contributed by atoms with E-state index in [1.54, 1.807) is 0 Å². The molecule has 0 heterocycles. The average molecular weight is 298 g/mol. The fourth-order valence-corrected chi connectivity index (χ4v) is 1.75. The fourth-order valence-electron chi connectivity index (χ4n) is 1.75. The monoisotopic (exact) mass is 298 g/mol. The van der Waals surface area contributed by atoms with Gasteiger partial charge in [-0.3, -0.25) is 9.59 Å². The topological polar surface area (TPSA) is 60.9 Å². The maximum atomic E-state index is 12.4. The van der Waals surface area contributed by atoms with Gasteiger partial charge in [0.25, 0.3) is 0 Å². The normalized spacial score (nSPS) is 11.7. The summed E-state index contributed by atoms with van der Waals surface area (Å²) in [5.74, 6) is -3.20. The summed E-state index contributed by atoms with van der Waals surface area (Å²) in [6.45, 7) is 5.48. The molecule has 0 fully saturated rings. The predicted molar refractivity (Wildman–Crippen MR) is 67.3 cm³/mol. The van der Waals surface area contributed by atoms with E-state index in [4.69, 9.17) is 5.11 Å². The summed E-state index contributed by atoms with van der Waals surface area (Å²) < 4.78 is 37.2. The first-order valence-corrected chi connectivity index (χ1v) is 6.52. The molecule has 0 aliphatic heterocycles. The number of alkyl halides is 3. The van der Waals surface area contributed by atoms with Crippen LogP contribution in [0.5, 0.6) is 0 Å². The molecule has 0 saturated carbocycles. The van der Waals surface area contributed by atoms with Gasteiger partial charge in [0, 0.05) is 13.1 Å². The second-order valence-corrected chi connectivity index (χ2v) is 4.31. The summed E-state index contributed by atoms with van der Waals surface area (Å²) >= 11 is 0. The Labute approximate surface area is 116 Å². The van der Waals surface area contributed by atoms with Crippen molar-refractivity contribution >= 4 is 11.9 Å². The van der Waals surface area contributed by atoms with E-state index in [1.807, 2.05) is 18.7 Å². The Morgan fingerprint density at radius 3 is 2.00 bits per heavy atom. The Balaban J connectivity index is 4.46. The highest BCUT2D eigenvalue weighted by molar-refractivity contribution is 5.82. The first-order valence-electron chi connectivity index (χ1n) is 6.52. The van der Waals surface area contributed by atoms with Crippen molar-refractivity contribution in [1.29, 1.82) is 0 Å². The number of carboxylic acid groups (broad SMARTS) is 1. The lowest BCUT2D eigenvalue weighted by Crippen LogP contribution is -2.43. The van der Waals surface area contributed by atoms with Crippen LogP contribution in [0.2, 0.25) is 0 Å². The fraction of sp³-hybridized carbons (Fsp3) is 0.833.